The van der Waals surface area contributed by atoms with Crippen LogP contribution in [0.2, 0.25) is 0 Å². The van der Waals surface area contributed by atoms with Gasteiger partial charge in [0.25, 0.3) is 0 Å². The van der Waals surface area contributed by atoms with E-state index in [9.17, 15) is 9.47 Å². The third-order valence-electron chi connectivity index (χ3n) is 10.5. The van der Waals surface area contributed by atoms with Crippen molar-refractivity contribution in [1.82, 2.24) is 0 Å². The van der Waals surface area contributed by atoms with Crippen molar-refractivity contribution in [2.45, 2.75) is 83.5 Å². The highest BCUT2D eigenvalue weighted by atomic mass is 32.2. The Balaban J connectivity index is 1.26. The van der Waals surface area contributed by atoms with Gasteiger partial charge in [-0.15, -0.1) is 0 Å². The minimum atomic E-state index is -1.50. The predicted molar refractivity (Wildman–Crippen MR) is 132 cm³/mol. The van der Waals surface area contributed by atoms with Crippen LogP contribution in [0.4, 0.5) is 0 Å². The first kappa shape index (κ1) is 23.6. The molecule has 33 heavy (non-hydrogen) atoms. The fourth-order valence-corrected chi connectivity index (χ4v) is 9.65. The molecule has 0 N–H and O–H groups in total. The lowest BCUT2D eigenvalue weighted by atomic mass is 9.49. The van der Waals surface area contributed by atoms with Gasteiger partial charge in [0.2, 0.25) is 0 Å². The highest BCUT2D eigenvalue weighted by Crippen LogP contribution is 2.65. The maximum atomic E-state index is 12.7. The third kappa shape index (κ3) is 4.34. The molecule has 10 unspecified atom stereocenters. The zero-order chi connectivity index (χ0) is 23.2. The largest absolute Gasteiger partial charge is 0.285 e. The molecular formula is C29H41NO2S. The Morgan fingerprint density at radius 2 is 1.82 bits per heavy atom. The number of nitriles is 1. The normalized spacial score (nSPS) is 41.8. The van der Waals surface area contributed by atoms with Gasteiger partial charge in [-0.3, -0.25) is 4.18 Å². The van der Waals surface area contributed by atoms with Crippen LogP contribution >= 0.6 is 0 Å². The highest BCUT2D eigenvalue weighted by molar-refractivity contribution is 7.80. The molecular weight excluding hydrogens is 426 g/mol. The van der Waals surface area contributed by atoms with Crippen molar-refractivity contribution in [2.75, 3.05) is 6.61 Å². The van der Waals surface area contributed by atoms with Gasteiger partial charge in [-0.2, -0.15) is 5.26 Å². The van der Waals surface area contributed by atoms with Crippen LogP contribution in [0.25, 0.3) is 0 Å². The van der Waals surface area contributed by atoms with Crippen LogP contribution < -0.4 is 0 Å². The molecule has 4 aliphatic carbocycles. The number of benzene rings is 1. The topological polar surface area (TPSA) is 50.1 Å². The zero-order valence-electron chi connectivity index (χ0n) is 20.7. The Kier molecular flexibility index (Phi) is 6.75. The van der Waals surface area contributed by atoms with E-state index in [0.29, 0.717) is 10.8 Å². The van der Waals surface area contributed by atoms with Gasteiger partial charge < -0.3 is 0 Å². The van der Waals surface area contributed by atoms with Crippen molar-refractivity contribution in [3.05, 3.63) is 29.8 Å². The Labute approximate surface area is 203 Å². The lowest BCUT2D eigenvalue weighted by Crippen LogP contribution is -2.49. The lowest BCUT2D eigenvalue weighted by Gasteiger charge is -2.56. The quantitative estimate of drug-likeness (QED) is 0.465. The molecule has 4 saturated carbocycles. The van der Waals surface area contributed by atoms with Gasteiger partial charge in [-0.25, -0.2) is 4.21 Å². The Hall–Kier alpha value is -1.18. The summed E-state index contributed by atoms with van der Waals surface area (Å²) in [6.07, 6.45) is 12.2. The van der Waals surface area contributed by atoms with E-state index in [-0.39, 0.29) is 17.9 Å². The van der Waals surface area contributed by atoms with Crippen molar-refractivity contribution >= 4 is 11.1 Å². The maximum absolute atomic E-state index is 12.7. The van der Waals surface area contributed by atoms with Gasteiger partial charge in [-0.1, -0.05) is 38.0 Å². The van der Waals surface area contributed by atoms with Crippen LogP contribution in [0.5, 0.6) is 0 Å². The van der Waals surface area contributed by atoms with Crippen LogP contribution in [0.1, 0.15) is 77.2 Å². The van der Waals surface area contributed by atoms with Crippen LogP contribution in [-0.2, 0) is 15.3 Å². The predicted octanol–water partition coefficient (Wildman–Crippen LogP) is 7.08. The molecule has 0 amide bonds. The van der Waals surface area contributed by atoms with Crippen LogP contribution in [-0.4, -0.2) is 10.8 Å². The van der Waals surface area contributed by atoms with E-state index < -0.39 is 11.1 Å². The van der Waals surface area contributed by atoms with Gasteiger partial charge in [0.15, 0.2) is 11.1 Å². The molecule has 10 atom stereocenters. The lowest BCUT2D eigenvalue weighted by molar-refractivity contribution is -0.0724. The van der Waals surface area contributed by atoms with E-state index >= 15 is 0 Å². The number of nitrogens with zero attached hydrogens (tertiary/aromatic N) is 1. The van der Waals surface area contributed by atoms with Crippen LogP contribution in [0.15, 0.2) is 29.2 Å². The molecule has 0 heterocycles. The van der Waals surface area contributed by atoms with Crippen LogP contribution in [0, 0.1) is 71.0 Å². The molecule has 1 aromatic carbocycles. The molecule has 0 bridgehead atoms. The van der Waals surface area contributed by atoms with Crippen LogP contribution in [0.3, 0.4) is 0 Å². The van der Waals surface area contributed by atoms with Crippen molar-refractivity contribution in [2.24, 2.45) is 52.8 Å². The SMILES string of the molecule is Cc1ccc(S(=O)OCC(C#N)C2CCC3C4CCC5CC(C)CCC5C4CCC23C)cc1. The first-order valence-electron chi connectivity index (χ1n) is 13.4. The summed E-state index contributed by atoms with van der Waals surface area (Å²) in [5, 5.41) is 10.1. The summed E-state index contributed by atoms with van der Waals surface area (Å²) in [6, 6.07) is 10.2. The number of fused-ring (bicyclic) bond motifs is 5. The minimum absolute atomic E-state index is 0.169. The molecule has 180 valence electrons. The summed E-state index contributed by atoms with van der Waals surface area (Å²) >= 11 is -1.50. The molecule has 1 aromatic rings. The molecule has 4 heteroatoms. The van der Waals surface area contributed by atoms with E-state index in [1.165, 1.54) is 51.4 Å². The van der Waals surface area contributed by atoms with Crippen molar-refractivity contribution < 1.29 is 8.39 Å². The number of hydrogen-bond acceptors (Lipinski definition) is 3. The maximum Gasteiger partial charge on any atom is 0.189 e. The minimum Gasteiger partial charge on any atom is -0.285 e. The van der Waals surface area contributed by atoms with Crippen molar-refractivity contribution in [3.8, 4) is 6.07 Å². The Morgan fingerprint density at radius 1 is 1.06 bits per heavy atom. The van der Waals surface area contributed by atoms with E-state index in [0.717, 1.165) is 47.5 Å². The van der Waals surface area contributed by atoms with E-state index in [1.54, 1.807) is 0 Å². The summed E-state index contributed by atoms with van der Waals surface area (Å²) in [4.78, 5) is 0.687. The van der Waals surface area contributed by atoms with Crippen molar-refractivity contribution in [1.29, 1.82) is 5.26 Å². The average Bonchev–Trinajstić information content (AvgIpc) is 3.16. The Bertz CT molecular complexity index is 907. The molecule has 0 radical (unpaired) electrons. The molecule has 4 fully saturated rings. The highest BCUT2D eigenvalue weighted by Gasteiger charge is 2.58. The molecule has 3 nitrogen and oxygen atoms in total. The van der Waals surface area contributed by atoms with Gasteiger partial charge in [0, 0.05) is 0 Å². The first-order valence-corrected chi connectivity index (χ1v) is 14.5. The molecule has 5 rings (SSSR count). The van der Waals surface area contributed by atoms with Gasteiger partial charge in [0.1, 0.15) is 0 Å². The van der Waals surface area contributed by atoms with E-state index in [1.807, 2.05) is 31.2 Å². The van der Waals surface area contributed by atoms with Crippen molar-refractivity contribution in [3.63, 3.8) is 0 Å². The summed E-state index contributed by atoms with van der Waals surface area (Å²) in [5.41, 5.74) is 1.38. The molecule has 0 spiro atoms. The monoisotopic (exact) mass is 467 g/mol. The average molecular weight is 468 g/mol. The summed E-state index contributed by atoms with van der Waals surface area (Å²) < 4.78 is 18.5. The summed E-state index contributed by atoms with van der Waals surface area (Å²) in [5.74, 6) is 5.63. The Morgan fingerprint density at radius 3 is 2.58 bits per heavy atom. The molecule has 0 saturated heterocycles. The second-order valence-corrected chi connectivity index (χ2v) is 13.3. The van der Waals surface area contributed by atoms with Gasteiger partial charge in [0.05, 0.1) is 23.5 Å². The standard InChI is InChI=1S/C29H41NO2S/c1-19-4-8-23(9-5-19)33(31)32-18-22(17-30)27-12-13-28-26-11-7-21-16-20(2)6-10-24(21)25(26)14-15-29(27,28)3/h4-5,8-9,20-22,24-28H,6-7,10-16,18H2,1-3H3. The number of rotatable bonds is 5. The van der Waals surface area contributed by atoms with E-state index in [2.05, 4.69) is 19.9 Å². The molecule has 0 aromatic heterocycles. The van der Waals surface area contributed by atoms with Gasteiger partial charge >= 0.3 is 0 Å². The smallest absolute Gasteiger partial charge is 0.189 e. The fraction of sp³-hybridized carbons (Fsp3) is 0.759. The number of hydrogen-bond donors (Lipinski definition) is 0. The second kappa shape index (κ2) is 9.46. The van der Waals surface area contributed by atoms with E-state index in [4.69, 9.17) is 4.18 Å². The summed E-state index contributed by atoms with van der Waals surface area (Å²) in [7, 11) is 0. The summed E-state index contributed by atoms with van der Waals surface area (Å²) in [6.45, 7) is 7.24. The molecule has 4 aliphatic rings. The number of aryl methyl sites for hydroxylation is 1. The zero-order valence-corrected chi connectivity index (χ0v) is 21.5. The third-order valence-corrected chi connectivity index (χ3v) is 11.5. The fourth-order valence-electron chi connectivity index (χ4n) is 8.89. The first-order chi connectivity index (χ1) is 15.9. The molecule has 0 aliphatic heterocycles. The second-order valence-electron chi connectivity index (χ2n) is 12.1. The van der Waals surface area contributed by atoms with Gasteiger partial charge in [-0.05, 0) is 117 Å².